The molecule has 2 aromatic carbocycles. The predicted molar refractivity (Wildman–Crippen MR) is 128 cm³/mol. The maximum absolute atomic E-state index is 12.6. The number of amides is 2. The summed E-state index contributed by atoms with van der Waals surface area (Å²) in [5, 5.41) is 8.55. The Morgan fingerprint density at radius 1 is 1.03 bits per heavy atom. The van der Waals surface area contributed by atoms with Crippen LogP contribution < -0.4 is 10.7 Å². The summed E-state index contributed by atoms with van der Waals surface area (Å²) in [6, 6.07) is 15.1. The number of nitrogens with zero attached hydrogens (tertiary/aromatic N) is 1. The van der Waals surface area contributed by atoms with Gasteiger partial charge in [-0.2, -0.15) is 5.10 Å². The van der Waals surface area contributed by atoms with E-state index in [0.29, 0.717) is 15.6 Å². The third-order valence-corrected chi connectivity index (χ3v) is 7.29. The standard InChI is InChI=1S/C24H24ClN3O2S/c1-15(27-28-24(30)22-21(25)19-9-5-6-10-20(19)31-22)16-11-13-18(14-12-16)26-23(29)17-7-3-2-4-8-17/h5-6,9-14,17H,2-4,7-8H2,1H3,(H,26,29)(H,28,30)/b27-15+. The molecule has 31 heavy (non-hydrogen) atoms. The van der Waals surface area contributed by atoms with Crippen LogP contribution in [0.25, 0.3) is 10.1 Å². The monoisotopic (exact) mass is 453 g/mol. The lowest BCUT2D eigenvalue weighted by Gasteiger charge is -2.20. The maximum Gasteiger partial charge on any atom is 0.283 e. The van der Waals surface area contributed by atoms with E-state index in [4.69, 9.17) is 11.6 Å². The number of benzene rings is 2. The van der Waals surface area contributed by atoms with E-state index in [9.17, 15) is 9.59 Å². The van der Waals surface area contributed by atoms with E-state index in [-0.39, 0.29) is 17.7 Å². The summed E-state index contributed by atoms with van der Waals surface area (Å²) < 4.78 is 0.962. The number of hydrogen-bond acceptors (Lipinski definition) is 4. The fourth-order valence-electron chi connectivity index (χ4n) is 3.81. The maximum atomic E-state index is 12.6. The van der Waals surface area contributed by atoms with E-state index in [1.165, 1.54) is 17.8 Å². The van der Waals surface area contributed by atoms with Gasteiger partial charge < -0.3 is 5.32 Å². The summed E-state index contributed by atoms with van der Waals surface area (Å²) >= 11 is 7.71. The molecule has 1 fully saturated rings. The number of hydrogen-bond donors (Lipinski definition) is 2. The van der Waals surface area contributed by atoms with Crippen molar-refractivity contribution >= 4 is 56.2 Å². The molecule has 3 aromatic rings. The first-order chi connectivity index (χ1) is 15.0. The molecular weight excluding hydrogens is 430 g/mol. The van der Waals surface area contributed by atoms with Crippen LogP contribution in [0.4, 0.5) is 5.69 Å². The van der Waals surface area contributed by atoms with Crippen molar-refractivity contribution in [1.82, 2.24) is 5.43 Å². The average molecular weight is 454 g/mol. The van der Waals surface area contributed by atoms with Crippen molar-refractivity contribution in [3.05, 3.63) is 64.0 Å². The molecule has 0 aliphatic heterocycles. The van der Waals surface area contributed by atoms with Crippen molar-refractivity contribution in [2.75, 3.05) is 5.32 Å². The van der Waals surface area contributed by atoms with Gasteiger partial charge in [-0.15, -0.1) is 11.3 Å². The molecule has 2 N–H and O–H groups in total. The molecule has 1 aliphatic carbocycles. The summed E-state index contributed by atoms with van der Waals surface area (Å²) in [5.41, 5.74) is 4.89. The lowest BCUT2D eigenvalue weighted by atomic mass is 9.88. The smallest absolute Gasteiger partial charge is 0.283 e. The first-order valence-corrected chi connectivity index (χ1v) is 11.7. The van der Waals surface area contributed by atoms with E-state index >= 15 is 0 Å². The highest BCUT2D eigenvalue weighted by Crippen LogP contribution is 2.35. The number of thiophene rings is 1. The quantitative estimate of drug-likeness (QED) is 0.355. The molecule has 1 aromatic heterocycles. The van der Waals surface area contributed by atoms with Gasteiger partial charge in [-0.05, 0) is 43.5 Å². The number of halogens is 1. The summed E-state index contributed by atoms with van der Waals surface area (Å²) in [6.07, 6.45) is 5.43. The number of fused-ring (bicyclic) bond motifs is 1. The number of carbonyl (C=O) groups excluding carboxylic acids is 2. The molecule has 0 bridgehead atoms. The van der Waals surface area contributed by atoms with Gasteiger partial charge in [-0.1, -0.05) is 61.2 Å². The van der Waals surface area contributed by atoms with Crippen molar-refractivity contribution in [2.45, 2.75) is 39.0 Å². The zero-order valence-electron chi connectivity index (χ0n) is 17.3. The number of hydrazone groups is 1. The molecule has 4 rings (SSSR count). The zero-order valence-corrected chi connectivity index (χ0v) is 18.9. The zero-order chi connectivity index (χ0) is 21.8. The molecular formula is C24H24ClN3O2S. The van der Waals surface area contributed by atoms with Crippen LogP contribution in [0.5, 0.6) is 0 Å². The third kappa shape index (κ3) is 4.97. The summed E-state index contributed by atoms with van der Waals surface area (Å²) in [6.45, 7) is 1.82. The Morgan fingerprint density at radius 3 is 2.45 bits per heavy atom. The molecule has 0 spiro atoms. The highest BCUT2D eigenvalue weighted by Gasteiger charge is 2.21. The predicted octanol–water partition coefficient (Wildman–Crippen LogP) is 6.23. The van der Waals surface area contributed by atoms with E-state index < -0.39 is 0 Å². The van der Waals surface area contributed by atoms with Gasteiger partial charge >= 0.3 is 0 Å². The van der Waals surface area contributed by atoms with E-state index in [1.54, 1.807) is 0 Å². The van der Waals surface area contributed by atoms with Crippen LogP contribution in [0.2, 0.25) is 5.02 Å². The lowest BCUT2D eigenvalue weighted by molar-refractivity contribution is -0.120. The van der Waals surface area contributed by atoms with Gasteiger partial charge in [0, 0.05) is 21.7 Å². The second-order valence-corrected chi connectivity index (χ2v) is 9.21. The van der Waals surface area contributed by atoms with Crippen LogP contribution in [0.15, 0.2) is 53.6 Å². The SMILES string of the molecule is C/C(=N\NC(=O)c1sc2ccccc2c1Cl)c1ccc(NC(=O)C2CCCCC2)cc1. The molecule has 0 atom stereocenters. The molecule has 0 saturated heterocycles. The van der Waals surface area contributed by atoms with Crippen LogP contribution in [-0.4, -0.2) is 17.5 Å². The Labute approximate surface area is 190 Å². The van der Waals surface area contributed by atoms with E-state index in [2.05, 4.69) is 15.8 Å². The fraction of sp³-hybridized carbons (Fsp3) is 0.292. The molecule has 160 valence electrons. The van der Waals surface area contributed by atoms with Crippen LogP contribution in [-0.2, 0) is 4.79 Å². The molecule has 1 heterocycles. The highest BCUT2D eigenvalue weighted by molar-refractivity contribution is 7.21. The Kier molecular flexibility index (Phi) is 6.68. The molecule has 0 unspecified atom stereocenters. The summed E-state index contributed by atoms with van der Waals surface area (Å²) in [7, 11) is 0. The van der Waals surface area contributed by atoms with Crippen molar-refractivity contribution in [3.63, 3.8) is 0 Å². The van der Waals surface area contributed by atoms with Gasteiger partial charge in [0.15, 0.2) is 0 Å². The minimum Gasteiger partial charge on any atom is -0.326 e. The van der Waals surface area contributed by atoms with E-state index in [0.717, 1.165) is 47.0 Å². The van der Waals surface area contributed by atoms with Gasteiger partial charge in [0.2, 0.25) is 5.91 Å². The van der Waals surface area contributed by atoms with Gasteiger partial charge in [0.05, 0.1) is 10.7 Å². The number of rotatable bonds is 5. The number of nitrogens with one attached hydrogen (secondary N) is 2. The third-order valence-electron chi connectivity index (χ3n) is 5.61. The van der Waals surface area contributed by atoms with Crippen LogP contribution in [0.3, 0.4) is 0 Å². The summed E-state index contributed by atoms with van der Waals surface area (Å²) in [4.78, 5) is 25.4. The van der Waals surface area contributed by atoms with Gasteiger partial charge in [0.25, 0.3) is 5.91 Å². The Morgan fingerprint density at radius 2 is 1.74 bits per heavy atom. The molecule has 0 radical (unpaired) electrons. The van der Waals surface area contributed by atoms with Crippen LogP contribution in [0, 0.1) is 5.92 Å². The van der Waals surface area contributed by atoms with Crippen LogP contribution >= 0.6 is 22.9 Å². The van der Waals surface area contributed by atoms with Crippen molar-refractivity contribution in [1.29, 1.82) is 0 Å². The van der Waals surface area contributed by atoms with Gasteiger partial charge in [-0.25, -0.2) is 5.43 Å². The minimum absolute atomic E-state index is 0.102. The topological polar surface area (TPSA) is 70.6 Å². The Hall–Kier alpha value is -2.70. The largest absolute Gasteiger partial charge is 0.326 e. The minimum atomic E-state index is -0.332. The first kappa shape index (κ1) is 21.5. The Bertz CT molecular complexity index is 1130. The Balaban J connectivity index is 1.39. The van der Waals surface area contributed by atoms with Gasteiger partial charge in [-0.3, -0.25) is 9.59 Å². The fourth-order valence-corrected chi connectivity index (χ4v) is 5.22. The van der Waals surface area contributed by atoms with Gasteiger partial charge in [0.1, 0.15) is 4.88 Å². The van der Waals surface area contributed by atoms with Crippen molar-refractivity contribution in [3.8, 4) is 0 Å². The number of carbonyl (C=O) groups is 2. The lowest BCUT2D eigenvalue weighted by Crippen LogP contribution is -2.24. The normalized spacial score (nSPS) is 15.1. The molecule has 5 nitrogen and oxygen atoms in total. The second-order valence-electron chi connectivity index (χ2n) is 7.78. The molecule has 1 aliphatic rings. The molecule has 7 heteroatoms. The van der Waals surface area contributed by atoms with Crippen molar-refractivity contribution in [2.24, 2.45) is 11.0 Å². The first-order valence-electron chi connectivity index (χ1n) is 10.5. The molecule has 1 saturated carbocycles. The van der Waals surface area contributed by atoms with Crippen LogP contribution in [0.1, 0.15) is 54.3 Å². The highest BCUT2D eigenvalue weighted by atomic mass is 35.5. The second kappa shape index (κ2) is 9.62. The van der Waals surface area contributed by atoms with E-state index in [1.807, 2.05) is 55.5 Å². The molecule has 2 amide bonds. The average Bonchev–Trinajstić information content (AvgIpc) is 3.15. The number of anilines is 1. The summed E-state index contributed by atoms with van der Waals surface area (Å²) in [5.74, 6) is -0.111. The van der Waals surface area contributed by atoms with Crippen molar-refractivity contribution < 1.29 is 9.59 Å².